The largest absolute Gasteiger partial charge is 0.507 e. The van der Waals surface area contributed by atoms with Crippen molar-refractivity contribution < 1.29 is 5.11 Å². The third-order valence-corrected chi connectivity index (χ3v) is 2.46. The van der Waals surface area contributed by atoms with Gasteiger partial charge >= 0.3 is 5.08 Å². The molecule has 9 nitrogen and oxygen atoms in total. The first-order valence-electron chi connectivity index (χ1n) is 4.90. The fourth-order valence-corrected chi connectivity index (χ4v) is 1.72. The van der Waals surface area contributed by atoms with Gasteiger partial charge in [-0.05, 0) is 12.1 Å². The number of benzene rings is 2. The van der Waals surface area contributed by atoms with Gasteiger partial charge in [-0.3, -0.25) is 9.59 Å². The molecule has 0 aliphatic carbocycles. The molecule has 2 aromatic rings. The maximum absolute atomic E-state index is 11.8. The Morgan fingerprint density at radius 1 is 1.21 bits per heavy atom. The van der Waals surface area contributed by atoms with Crippen LogP contribution in [0.4, 0.5) is 0 Å². The molecule has 0 aliphatic heterocycles. The van der Waals surface area contributed by atoms with Crippen LogP contribution in [-0.2, 0) is 0 Å². The second kappa shape index (κ2) is 4.53. The Bertz CT molecular complexity index is 947. The van der Waals surface area contributed by atoms with E-state index in [0.29, 0.717) is 0 Å². The van der Waals surface area contributed by atoms with Crippen LogP contribution >= 0.6 is 0 Å². The summed E-state index contributed by atoms with van der Waals surface area (Å²) in [6.45, 7) is 0. The van der Waals surface area contributed by atoms with Gasteiger partial charge < -0.3 is 5.11 Å². The third kappa shape index (κ3) is 1.77. The molecule has 2 aromatic carbocycles. The van der Waals surface area contributed by atoms with E-state index in [1.165, 1.54) is 18.2 Å². The lowest BCUT2D eigenvalue weighted by atomic mass is 10.1. The minimum Gasteiger partial charge on any atom is -0.507 e. The van der Waals surface area contributed by atoms with E-state index >= 15 is 0 Å². The minimum atomic E-state index is -1.04. The van der Waals surface area contributed by atoms with Crippen molar-refractivity contribution in [1.29, 1.82) is 10.9 Å². The zero-order valence-corrected chi connectivity index (χ0v) is 9.23. The van der Waals surface area contributed by atoms with Crippen LogP contribution in [0, 0.1) is 10.9 Å². The molecule has 0 spiro atoms. The summed E-state index contributed by atoms with van der Waals surface area (Å²) < 4.78 is 0. The summed E-state index contributed by atoms with van der Waals surface area (Å²) in [5, 5.41) is 28.8. The van der Waals surface area contributed by atoms with E-state index in [2.05, 4.69) is 20.5 Å². The monoisotopic (exact) mass is 257 g/mol. The highest BCUT2D eigenvalue weighted by molar-refractivity contribution is 5.87. The second-order valence-corrected chi connectivity index (χ2v) is 3.44. The molecule has 0 amide bonds. The molecular weight excluding hydrogens is 252 g/mol. The summed E-state index contributed by atoms with van der Waals surface area (Å²) in [6, 6.07) is 3.96. The van der Waals surface area contributed by atoms with Gasteiger partial charge in [0.25, 0.3) is 10.8 Å². The van der Waals surface area contributed by atoms with Crippen molar-refractivity contribution in [2.45, 2.75) is 0 Å². The Kier molecular flexibility index (Phi) is 2.91. The van der Waals surface area contributed by atoms with Crippen molar-refractivity contribution in [3.63, 3.8) is 0 Å². The average Bonchev–Trinajstić information content (AvgIpc) is 2.40. The molecule has 0 bridgehead atoms. The first-order chi connectivity index (χ1) is 9.11. The van der Waals surface area contributed by atoms with Crippen molar-refractivity contribution in [2.24, 2.45) is 15.4 Å². The lowest BCUT2D eigenvalue weighted by molar-refractivity contribution is 0.481. The summed E-state index contributed by atoms with van der Waals surface area (Å²) in [7, 11) is 0. The van der Waals surface area contributed by atoms with Crippen molar-refractivity contribution in [2.75, 3.05) is 0 Å². The van der Waals surface area contributed by atoms with Crippen LogP contribution in [0.25, 0.3) is 15.9 Å². The molecule has 2 N–H and O–H groups in total. The standard InChI is InChI=1S/C10H4N6O3/c11-15-13-7-6-4(2-1-3-5(6)17)9(18)10(19)8(7)14-16-12/h1-3,12H/p+1. The molecule has 92 valence electrons. The Morgan fingerprint density at radius 2 is 1.95 bits per heavy atom. The summed E-state index contributed by atoms with van der Waals surface area (Å²) in [5.41, 5.74) is 4.66. The van der Waals surface area contributed by atoms with E-state index in [4.69, 9.17) is 10.9 Å². The van der Waals surface area contributed by atoms with Gasteiger partial charge in [0.15, 0.2) is 15.8 Å². The molecular formula is C10H5N6O3+. The maximum Gasteiger partial charge on any atom is 0.339 e. The first kappa shape index (κ1) is 12.2. The van der Waals surface area contributed by atoms with Crippen LogP contribution in [0.3, 0.4) is 0 Å². The van der Waals surface area contributed by atoms with Crippen LogP contribution in [0.5, 0.6) is 5.75 Å². The quantitative estimate of drug-likeness (QED) is 0.311. The number of nitrogens with one attached hydrogen (secondary N) is 1. The molecule has 0 saturated carbocycles. The average molecular weight is 257 g/mol. The molecule has 0 radical (unpaired) electrons. The van der Waals surface area contributed by atoms with Crippen molar-refractivity contribution in [3.05, 3.63) is 54.4 Å². The topological polar surface area (TPSA) is 143 Å². The van der Waals surface area contributed by atoms with Crippen LogP contribution in [0.2, 0.25) is 0 Å². The number of hydrogen-bond acceptors (Lipinski definition) is 7. The van der Waals surface area contributed by atoms with Crippen LogP contribution in [0.15, 0.2) is 43.2 Å². The van der Waals surface area contributed by atoms with E-state index < -0.39 is 16.2 Å². The molecule has 0 unspecified atom stereocenters. The normalized spacial score (nSPS) is 12.6. The summed E-state index contributed by atoms with van der Waals surface area (Å²) in [4.78, 5) is 23.6. The highest BCUT2D eigenvalue weighted by Crippen LogP contribution is 2.16. The number of fused-ring (bicyclic) bond motifs is 1. The highest BCUT2D eigenvalue weighted by atomic mass is 16.3. The van der Waals surface area contributed by atoms with Gasteiger partial charge in [0, 0.05) is 5.39 Å². The Balaban J connectivity index is 3.40. The number of hydrogen-bond donors (Lipinski definition) is 2. The Labute approximate surface area is 103 Å². The third-order valence-electron chi connectivity index (χ3n) is 2.46. The van der Waals surface area contributed by atoms with Crippen LogP contribution in [0.1, 0.15) is 0 Å². The molecule has 0 aliphatic rings. The fraction of sp³-hybridized carbons (Fsp3) is 0. The molecule has 0 aromatic heterocycles. The smallest absolute Gasteiger partial charge is 0.339 e. The zero-order chi connectivity index (χ0) is 14.0. The molecule has 0 saturated heterocycles. The van der Waals surface area contributed by atoms with Gasteiger partial charge in [0.05, 0.1) is 5.39 Å². The van der Waals surface area contributed by atoms with Crippen molar-refractivity contribution in [1.82, 2.24) is 0 Å². The van der Waals surface area contributed by atoms with E-state index in [1.807, 2.05) is 0 Å². The minimum absolute atomic E-state index is 0.0867. The predicted molar refractivity (Wildman–Crippen MR) is 61.9 cm³/mol. The number of nitrogens with zero attached hydrogens (tertiary/aromatic N) is 5. The molecule has 0 fully saturated rings. The Morgan fingerprint density at radius 3 is 2.58 bits per heavy atom. The number of phenols is 1. The molecule has 2 rings (SSSR count). The lowest BCUT2D eigenvalue weighted by Crippen LogP contribution is -2.47. The molecule has 19 heavy (non-hydrogen) atoms. The van der Waals surface area contributed by atoms with Crippen molar-refractivity contribution in [3.8, 4) is 5.75 Å². The second-order valence-electron chi connectivity index (χ2n) is 3.44. The first-order valence-corrected chi connectivity index (χ1v) is 4.90. The van der Waals surface area contributed by atoms with Crippen LogP contribution < -0.4 is 21.6 Å². The molecule has 9 heteroatoms. The van der Waals surface area contributed by atoms with E-state index in [9.17, 15) is 14.7 Å². The maximum atomic E-state index is 11.8. The van der Waals surface area contributed by atoms with E-state index in [-0.39, 0.29) is 21.9 Å². The summed E-state index contributed by atoms with van der Waals surface area (Å²) in [5.74, 6) is -0.335. The summed E-state index contributed by atoms with van der Waals surface area (Å²) in [6.07, 6.45) is 0. The number of diazo groups is 1. The van der Waals surface area contributed by atoms with Gasteiger partial charge in [-0.1, -0.05) is 11.3 Å². The molecule has 0 heterocycles. The zero-order valence-electron chi connectivity index (χ0n) is 9.23. The van der Waals surface area contributed by atoms with E-state index in [0.717, 1.165) is 0 Å². The van der Waals surface area contributed by atoms with Crippen molar-refractivity contribution >= 4 is 10.8 Å². The SMILES string of the molecule is N#[N+]N=c1c(=NN=N)c(=O)c(=O)c2cccc(O)c12. The van der Waals surface area contributed by atoms with Crippen LogP contribution in [-0.4, -0.2) is 5.11 Å². The van der Waals surface area contributed by atoms with Gasteiger partial charge in [-0.2, -0.15) is 5.53 Å². The van der Waals surface area contributed by atoms with Gasteiger partial charge in [0.1, 0.15) is 5.75 Å². The van der Waals surface area contributed by atoms with Gasteiger partial charge in [-0.15, -0.1) is 5.10 Å². The summed E-state index contributed by atoms with van der Waals surface area (Å²) >= 11 is 0. The number of rotatable bonds is 1. The fourth-order valence-electron chi connectivity index (χ4n) is 1.72. The number of aromatic hydroxyl groups is 1. The predicted octanol–water partition coefficient (Wildman–Crippen LogP) is -0.343. The highest BCUT2D eigenvalue weighted by Gasteiger charge is 2.15. The van der Waals surface area contributed by atoms with E-state index in [1.54, 1.807) is 0 Å². The molecule has 0 atom stereocenters. The Hall–Kier alpha value is -3.28. The van der Waals surface area contributed by atoms with Gasteiger partial charge in [0.2, 0.25) is 5.43 Å². The van der Waals surface area contributed by atoms with Gasteiger partial charge in [-0.25, -0.2) is 0 Å². The number of phenolic OH excluding ortho intramolecular Hbond substituents is 1. The lowest BCUT2D eigenvalue weighted by Gasteiger charge is -1.97.